The number of alkyl carbamates (subject to hydrolysis) is 1. The Balaban J connectivity index is 2.74. The van der Waals surface area contributed by atoms with Crippen molar-refractivity contribution in [1.29, 1.82) is 0 Å². The van der Waals surface area contributed by atoms with Gasteiger partial charge in [0.1, 0.15) is 29.3 Å². The molecule has 50 heavy (non-hydrogen) atoms. The molecular weight excluding hydrogens is 630 g/mol. The van der Waals surface area contributed by atoms with E-state index in [-0.39, 0.29) is 12.3 Å². The zero-order valence-corrected chi connectivity index (χ0v) is 32.6. The van der Waals surface area contributed by atoms with E-state index in [0.717, 1.165) is 24.0 Å². The molecule has 0 aliphatic heterocycles. The molecule has 0 fully saturated rings. The average molecular weight is 694 g/mol. The van der Waals surface area contributed by atoms with Crippen molar-refractivity contribution < 1.29 is 28.7 Å². The minimum Gasteiger partial charge on any atom is -0.458 e. The van der Waals surface area contributed by atoms with Crippen LogP contribution in [0.2, 0.25) is 0 Å². The first-order valence-electron chi connectivity index (χ1n) is 18.2. The quantitative estimate of drug-likeness (QED) is 0.173. The molecule has 2 aromatic rings. The zero-order valence-electron chi connectivity index (χ0n) is 32.6. The molecule has 2 N–H and O–H groups in total. The van der Waals surface area contributed by atoms with E-state index in [1.165, 1.54) is 0 Å². The fourth-order valence-corrected chi connectivity index (χ4v) is 5.63. The second-order valence-corrected chi connectivity index (χ2v) is 15.9. The standard InChI is InChI=1S/C41H63N3O6/c1-13-28(5)34(43-39(48)50-41(10,11)12)37(46)44(29(6)21-20-27(3)4)35(32-24-22-30(14-2)23-25-32)36(45)42-33(38(47)49-40(7,8)9)26-31-18-16-15-17-19-31/h15-19,22-25,27-29,33-35H,13-14,20-21,26H2,1-12H3,(H,42,45)(H,43,48). The Morgan fingerprint density at radius 2 is 1.32 bits per heavy atom. The summed E-state index contributed by atoms with van der Waals surface area (Å²) in [5.74, 6) is -1.37. The van der Waals surface area contributed by atoms with E-state index in [0.29, 0.717) is 24.3 Å². The van der Waals surface area contributed by atoms with Gasteiger partial charge < -0.3 is 25.0 Å². The van der Waals surface area contributed by atoms with Crippen LogP contribution >= 0.6 is 0 Å². The Bertz CT molecular complexity index is 1380. The zero-order chi connectivity index (χ0) is 37.8. The molecule has 278 valence electrons. The van der Waals surface area contributed by atoms with E-state index in [1.807, 2.05) is 75.4 Å². The lowest BCUT2D eigenvalue weighted by Gasteiger charge is -2.40. The van der Waals surface area contributed by atoms with E-state index in [2.05, 4.69) is 31.4 Å². The first-order chi connectivity index (χ1) is 23.3. The molecule has 0 aliphatic carbocycles. The minimum absolute atomic E-state index is 0.204. The smallest absolute Gasteiger partial charge is 0.408 e. The van der Waals surface area contributed by atoms with Gasteiger partial charge in [0.2, 0.25) is 11.8 Å². The highest BCUT2D eigenvalue weighted by Gasteiger charge is 2.41. The van der Waals surface area contributed by atoms with Crippen molar-refractivity contribution >= 4 is 23.9 Å². The molecule has 0 spiro atoms. The predicted molar refractivity (Wildman–Crippen MR) is 199 cm³/mol. The third kappa shape index (κ3) is 13.8. The van der Waals surface area contributed by atoms with Crippen LogP contribution in [0.15, 0.2) is 54.6 Å². The molecule has 0 radical (unpaired) electrons. The second kappa shape index (κ2) is 18.9. The summed E-state index contributed by atoms with van der Waals surface area (Å²) in [6.45, 7) is 22.8. The number of nitrogens with one attached hydrogen (secondary N) is 2. The molecule has 5 atom stereocenters. The van der Waals surface area contributed by atoms with Gasteiger partial charge >= 0.3 is 12.1 Å². The van der Waals surface area contributed by atoms with Crippen LogP contribution in [-0.2, 0) is 36.7 Å². The monoisotopic (exact) mass is 693 g/mol. The molecule has 9 nitrogen and oxygen atoms in total. The van der Waals surface area contributed by atoms with E-state index in [9.17, 15) is 19.2 Å². The third-order valence-corrected chi connectivity index (χ3v) is 8.56. The maximum absolute atomic E-state index is 15.0. The number of carbonyl (C=O) groups is 4. The van der Waals surface area contributed by atoms with Crippen LogP contribution in [0.3, 0.4) is 0 Å². The molecule has 0 saturated carbocycles. The third-order valence-electron chi connectivity index (χ3n) is 8.56. The van der Waals surface area contributed by atoms with Crippen LogP contribution < -0.4 is 10.6 Å². The summed E-state index contributed by atoms with van der Waals surface area (Å²) in [5.41, 5.74) is 0.988. The molecule has 2 aromatic carbocycles. The SMILES string of the molecule is CCc1ccc(C(C(=O)NC(Cc2ccccc2)C(=O)OC(C)(C)C)N(C(=O)C(NC(=O)OC(C)(C)C)C(C)CC)C(C)CCC(C)C)cc1. The van der Waals surface area contributed by atoms with E-state index in [1.54, 1.807) is 46.4 Å². The number of benzene rings is 2. The molecule has 0 bridgehead atoms. The van der Waals surface area contributed by atoms with Gasteiger partial charge in [-0.3, -0.25) is 9.59 Å². The fraction of sp³-hybridized carbons (Fsp3) is 0.610. The highest BCUT2D eigenvalue weighted by atomic mass is 16.6. The summed E-state index contributed by atoms with van der Waals surface area (Å²) in [5, 5.41) is 5.85. The number of aryl methyl sites for hydroxylation is 1. The number of amides is 3. The van der Waals surface area contributed by atoms with Gasteiger partial charge in [0, 0.05) is 12.5 Å². The number of hydrogen-bond donors (Lipinski definition) is 2. The minimum atomic E-state index is -1.11. The molecule has 0 heterocycles. The topological polar surface area (TPSA) is 114 Å². The van der Waals surface area contributed by atoms with Crippen LogP contribution in [0.4, 0.5) is 4.79 Å². The molecule has 2 rings (SSSR count). The Kier molecular flexibility index (Phi) is 16.0. The Morgan fingerprint density at radius 3 is 1.82 bits per heavy atom. The summed E-state index contributed by atoms with van der Waals surface area (Å²) in [7, 11) is 0. The van der Waals surface area contributed by atoms with Crippen molar-refractivity contribution in [2.45, 2.75) is 151 Å². The summed E-state index contributed by atoms with van der Waals surface area (Å²) in [6, 6.07) is 13.6. The molecule has 0 aliphatic rings. The Morgan fingerprint density at radius 1 is 0.740 bits per heavy atom. The lowest BCUT2D eigenvalue weighted by Crippen LogP contribution is -2.58. The normalized spacial score (nSPS) is 14.9. The molecular formula is C41H63N3O6. The van der Waals surface area contributed by atoms with Gasteiger partial charge in [-0.2, -0.15) is 0 Å². The fourth-order valence-electron chi connectivity index (χ4n) is 5.63. The van der Waals surface area contributed by atoms with Crippen LogP contribution in [0.25, 0.3) is 0 Å². The first-order valence-corrected chi connectivity index (χ1v) is 18.2. The number of esters is 1. The summed E-state index contributed by atoms with van der Waals surface area (Å²) < 4.78 is 11.4. The molecule has 3 amide bonds. The Labute approximate surface area is 301 Å². The number of ether oxygens (including phenoxy) is 2. The van der Waals surface area contributed by atoms with Gasteiger partial charge in [-0.25, -0.2) is 9.59 Å². The summed E-state index contributed by atoms with van der Waals surface area (Å²) in [6.07, 6.45) is 2.34. The van der Waals surface area contributed by atoms with Crippen LogP contribution in [0.1, 0.15) is 125 Å². The molecule has 9 heteroatoms. The van der Waals surface area contributed by atoms with Crippen LogP contribution in [-0.4, -0.2) is 58.1 Å². The summed E-state index contributed by atoms with van der Waals surface area (Å²) >= 11 is 0. The molecule has 0 aromatic heterocycles. The number of carbonyl (C=O) groups excluding carboxylic acids is 4. The van der Waals surface area contributed by atoms with Crippen molar-refractivity contribution in [1.82, 2.24) is 15.5 Å². The lowest BCUT2D eigenvalue weighted by molar-refractivity contribution is -0.159. The van der Waals surface area contributed by atoms with Gasteiger partial charge in [-0.1, -0.05) is 95.6 Å². The lowest BCUT2D eigenvalue weighted by atomic mass is 9.92. The van der Waals surface area contributed by atoms with E-state index in [4.69, 9.17) is 9.47 Å². The van der Waals surface area contributed by atoms with Crippen LogP contribution in [0, 0.1) is 11.8 Å². The largest absolute Gasteiger partial charge is 0.458 e. The highest BCUT2D eigenvalue weighted by Crippen LogP contribution is 2.30. The van der Waals surface area contributed by atoms with Gasteiger partial charge in [-0.05, 0) is 96.3 Å². The Hall–Kier alpha value is -3.88. The number of hydrogen-bond acceptors (Lipinski definition) is 6. The number of rotatable bonds is 16. The van der Waals surface area contributed by atoms with Gasteiger partial charge in [0.25, 0.3) is 0 Å². The van der Waals surface area contributed by atoms with Crippen molar-refractivity contribution in [3.05, 3.63) is 71.3 Å². The van der Waals surface area contributed by atoms with Crippen molar-refractivity contribution in [2.75, 3.05) is 0 Å². The van der Waals surface area contributed by atoms with E-state index >= 15 is 0 Å². The summed E-state index contributed by atoms with van der Waals surface area (Å²) in [4.78, 5) is 58.1. The molecule has 0 saturated heterocycles. The van der Waals surface area contributed by atoms with Gasteiger partial charge in [0.15, 0.2) is 0 Å². The maximum atomic E-state index is 15.0. The second-order valence-electron chi connectivity index (χ2n) is 15.9. The average Bonchev–Trinajstić information content (AvgIpc) is 3.02. The van der Waals surface area contributed by atoms with Crippen molar-refractivity contribution in [3.8, 4) is 0 Å². The van der Waals surface area contributed by atoms with Crippen LogP contribution in [0.5, 0.6) is 0 Å². The van der Waals surface area contributed by atoms with E-state index < -0.39 is 59.2 Å². The predicted octanol–water partition coefficient (Wildman–Crippen LogP) is 7.95. The number of nitrogens with zero attached hydrogens (tertiary/aromatic N) is 1. The maximum Gasteiger partial charge on any atom is 0.408 e. The van der Waals surface area contributed by atoms with Gasteiger partial charge in [-0.15, -0.1) is 0 Å². The van der Waals surface area contributed by atoms with Gasteiger partial charge in [0.05, 0.1) is 0 Å². The first kappa shape index (κ1) is 42.3. The highest BCUT2D eigenvalue weighted by molar-refractivity contribution is 5.94. The molecule has 5 unspecified atom stereocenters. The van der Waals surface area contributed by atoms with Crippen molar-refractivity contribution in [3.63, 3.8) is 0 Å². The van der Waals surface area contributed by atoms with Crippen molar-refractivity contribution in [2.24, 2.45) is 11.8 Å².